The van der Waals surface area contributed by atoms with Crippen LogP contribution in [0.25, 0.3) is 0 Å². The van der Waals surface area contributed by atoms with E-state index in [-0.39, 0.29) is 11.7 Å². The summed E-state index contributed by atoms with van der Waals surface area (Å²) in [6.45, 7) is 1.96. The number of benzene rings is 2. The number of hydrogen-bond acceptors (Lipinski definition) is 2. The summed E-state index contributed by atoms with van der Waals surface area (Å²) in [6, 6.07) is 12.8. The largest absolute Gasteiger partial charge is 0.481 e. The van der Waals surface area contributed by atoms with Crippen molar-refractivity contribution in [3.63, 3.8) is 0 Å². The first-order valence-electron chi connectivity index (χ1n) is 6.49. The van der Waals surface area contributed by atoms with Crippen LogP contribution in [0.4, 0.5) is 4.39 Å². The maximum atomic E-state index is 12.8. The number of amides is 1. The highest BCUT2D eigenvalue weighted by atomic mass is 35.5. The van der Waals surface area contributed by atoms with Crippen LogP contribution in [0.5, 0.6) is 5.75 Å². The van der Waals surface area contributed by atoms with Crippen LogP contribution in [0.3, 0.4) is 0 Å². The second kappa shape index (κ2) is 7.09. The van der Waals surface area contributed by atoms with Gasteiger partial charge in [0.05, 0.1) is 0 Å². The Bertz CT molecular complexity index is 616. The maximum Gasteiger partial charge on any atom is 0.261 e. The van der Waals surface area contributed by atoms with Crippen molar-refractivity contribution in [2.75, 3.05) is 0 Å². The van der Waals surface area contributed by atoms with Gasteiger partial charge in [0.25, 0.3) is 5.91 Å². The molecule has 0 aliphatic heterocycles. The number of carbonyl (C=O) groups is 1. The molecule has 2 rings (SSSR count). The summed E-state index contributed by atoms with van der Waals surface area (Å²) < 4.78 is 18.2. The van der Waals surface area contributed by atoms with Gasteiger partial charge in [-0.05, 0) is 42.8 Å². The normalized spacial score (nSPS) is 11.8. The highest BCUT2D eigenvalue weighted by molar-refractivity contribution is 6.31. The molecule has 1 unspecified atom stereocenters. The van der Waals surface area contributed by atoms with Gasteiger partial charge in [-0.1, -0.05) is 29.8 Å². The molecule has 0 saturated heterocycles. The predicted octanol–water partition coefficient (Wildman–Crippen LogP) is 3.56. The zero-order valence-corrected chi connectivity index (χ0v) is 12.2. The third-order valence-electron chi connectivity index (χ3n) is 2.91. The zero-order chi connectivity index (χ0) is 15.2. The standard InChI is InChI=1S/C16H15ClFNO2/c1-11(21-14-8-6-13(18)7-9-14)16(20)19-10-12-4-2-3-5-15(12)17/h2-9,11H,10H2,1H3,(H,19,20). The van der Waals surface area contributed by atoms with Gasteiger partial charge in [0, 0.05) is 11.6 Å². The van der Waals surface area contributed by atoms with Gasteiger partial charge in [-0.25, -0.2) is 4.39 Å². The van der Waals surface area contributed by atoms with Gasteiger partial charge in [-0.15, -0.1) is 0 Å². The lowest BCUT2D eigenvalue weighted by molar-refractivity contribution is -0.127. The monoisotopic (exact) mass is 307 g/mol. The molecular formula is C16H15ClFNO2. The molecule has 0 aliphatic rings. The summed E-state index contributed by atoms with van der Waals surface area (Å²) in [4.78, 5) is 11.9. The van der Waals surface area contributed by atoms with E-state index in [0.717, 1.165) is 5.56 Å². The van der Waals surface area contributed by atoms with Crippen molar-refractivity contribution in [1.82, 2.24) is 5.32 Å². The van der Waals surface area contributed by atoms with Gasteiger partial charge in [0.1, 0.15) is 11.6 Å². The molecule has 0 heterocycles. The van der Waals surface area contributed by atoms with Crippen LogP contribution in [-0.4, -0.2) is 12.0 Å². The van der Waals surface area contributed by atoms with Crippen molar-refractivity contribution in [2.24, 2.45) is 0 Å². The molecule has 5 heteroatoms. The van der Waals surface area contributed by atoms with Crippen LogP contribution >= 0.6 is 11.6 Å². The smallest absolute Gasteiger partial charge is 0.261 e. The minimum Gasteiger partial charge on any atom is -0.481 e. The zero-order valence-electron chi connectivity index (χ0n) is 11.5. The number of ether oxygens (including phenoxy) is 1. The number of halogens is 2. The molecule has 0 aliphatic carbocycles. The lowest BCUT2D eigenvalue weighted by Crippen LogP contribution is -2.35. The molecule has 0 radical (unpaired) electrons. The second-order valence-corrected chi connectivity index (χ2v) is 4.93. The van der Waals surface area contributed by atoms with Crippen LogP contribution in [0.15, 0.2) is 48.5 Å². The van der Waals surface area contributed by atoms with Crippen molar-refractivity contribution in [3.8, 4) is 5.75 Å². The van der Waals surface area contributed by atoms with Crippen LogP contribution < -0.4 is 10.1 Å². The van der Waals surface area contributed by atoms with E-state index in [4.69, 9.17) is 16.3 Å². The number of hydrogen-bond donors (Lipinski definition) is 1. The quantitative estimate of drug-likeness (QED) is 0.917. The van der Waals surface area contributed by atoms with E-state index in [9.17, 15) is 9.18 Å². The number of rotatable bonds is 5. The summed E-state index contributed by atoms with van der Waals surface area (Å²) in [6.07, 6.45) is -0.682. The first kappa shape index (κ1) is 15.3. The van der Waals surface area contributed by atoms with Crippen LogP contribution in [0, 0.1) is 5.82 Å². The van der Waals surface area contributed by atoms with E-state index in [1.54, 1.807) is 13.0 Å². The Labute approximate surface area is 127 Å². The molecule has 3 nitrogen and oxygen atoms in total. The third-order valence-corrected chi connectivity index (χ3v) is 3.28. The van der Waals surface area contributed by atoms with Crippen molar-refractivity contribution < 1.29 is 13.9 Å². The lowest BCUT2D eigenvalue weighted by Gasteiger charge is -2.15. The average Bonchev–Trinajstić information content (AvgIpc) is 2.48. The highest BCUT2D eigenvalue weighted by Crippen LogP contribution is 2.15. The fraction of sp³-hybridized carbons (Fsp3) is 0.188. The van der Waals surface area contributed by atoms with E-state index in [0.29, 0.717) is 17.3 Å². The first-order valence-corrected chi connectivity index (χ1v) is 6.87. The van der Waals surface area contributed by atoms with E-state index in [1.165, 1.54) is 24.3 Å². The topological polar surface area (TPSA) is 38.3 Å². The van der Waals surface area contributed by atoms with E-state index >= 15 is 0 Å². The van der Waals surface area contributed by atoms with E-state index in [1.807, 2.05) is 18.2 Å². The SMILES string of the molecule is CC(Oc1ccc(F)cc1)C(=O)NCc1ccccc1Cl. The van der Waals surface area contributed by atoms with Gasteiger partial charge in [-0.3, -0.25) is 4.79 Å². The van der Waals surface area contributed by atoms with Gasteiger partial charge in [-0.2, -0.15) is 0 Å². The van der Waals surface area contributed by atoms with E-state index < -0.39 is 6.10 Å². The average molecular weight is 308 g/mol. The highest BCUT2D eigenvalue weighted by Gasteiger charge is 2.14. The van der Waals surface area contributed by atoms with Gasteiger partial charge < -0.3 is 10.1 Å². The van der Waals surface area contributed by atoms with Gasteiger partial charge in [0.15, 0.2) is 6.10 Å². The van der Waals surface area contributed by atoms with Crippen molar-refractivity contribution in [1.29, 1.82) is 0 Å². The fourth-order valence-corrected chi connectivity index (χ4v) is 1.94. The van der Waals surface area contributed by atoms with Crippen molar-refractivity contribution >= 4 is 17.5 Å². The molecule has 21 heavy (non-hydrogen) atoms. The van der Waals surface area contributed by atoms with Gasteiger partial charge in [0.2, 0.25) is 0 Å². The minimum atomic E-state index is -0.682. The first-order chi connectivity index (χ1) is 10.1. The fourth-order valence-electron chi connectivity index (χ4n) is 1.74. The summed E-state index contributed by atoms with van der Waals surface area (Å²) in [7, 11) is 0. The van der Waals surface area contributed by atoms with Crippen LogP contribution in [0.2, 0.25) is 5.02 Å². The molecular weight excluding hydrogens is 293 g/mol. The lowest BCUT2D eigenvalue weighted by atomic mass is 10.2. The Morgan fingerprint density at radius 3 is 2.57 bits per heavy atom. The summed E-state index contributed by atoms with van der Waals surface area (Å²) in [5, 5.41) is 3.35. The maximum absolute atomic E-state index is 12.8. The Kier molecular flexibility index (Phi) is 5.17. The molecule has 1 atom stereocenters. The van der Waals surface area contributed by atoms with Gasteiger partial charge >= 0.3 is 0 Å². The minimum absolute atomic E-state index is 0.265. The van der Waals surface area contributed by atoms with Crippen LogP contribution in [-0.2, 0) is 11.3 Å². The molecule has 1 amide bonds. The molecule has 0 fully saturated rings. The summed E-state index contributed by atoms with van der Waals surface area (Å²) in [5.74, 6) is -0.172. The Morgan fingerprint density at radius 2 is 1.90 bits per heavy atom. The predicted molar refractivity (Wildman–Crippen MR) is 79.8 cm³/mol. The molecule has 110 valence electrons. The Hall–Kier alpha value is -2.07. The molecule has 0 saturated carbocycles. The third kappa shape index (κ3) is 4.46. The summed E-state index contributed by atoms with van der Waals surface area (Å²) >= 11 is 6.01. The Balaban J connectivity index is 1.88. The second-order valence-electron chi connectivity index (χ2n) is 4.52. The number of carbonyl (C=O) groups excluding carboxylic acids is 1. The van der Waals surface area contributed by atoms with E-state index in [2.05, 4.69) is 5.32 Å². The van der Waals surface area contributed by atoms with Crippen molar-refractivity contribution in [2.45, 2.75) is 19.6 Å². The molecule has 1 N–H and O–H groups in total. The number of nitrogens with one attached hydrogen (secondary N) is 1. The van der Waals surface area contributed by atoms with Crippen LogP contribution in [0.1, 0.15) is 12.5 Å². The molecule has 0 bridgehead atoms. The molecule has 2 aromatic rings. The molecule has 2 aromatic carbocycles. The molecule has 0 spiro atoms. The Morgan fingerprint density at radius 1 is 1.24 bits per heavy atom. The van der Waals surface area contributed by atoms with Crippen molar-refractivity contribution in [3.05, 3.63) is 64.9 Å². The summed E-state index contributed by atoms with van der Waals surface area (Å²) in [5.41, 5.74) is 0.835. The molecule has 0 aromatic heterocycles.